The van der Waals surface area contributed by atoms with E-state index >= 15 is 0 Å². The Labute approximate surface area is 93.1 Å². The van der Waals surface area contributed by atoms with Crippen LogP contribution in [0.4, 0.5) is 5.69 Å². The van der Waals surface area contributed by atoms with Gasteiger partial charge in [-0.1, -0.05) is 17.7 Å². The SMILES string of the molecule is CCN(CCC(C)N)c1ccc(C)cc1. The van der Waals surface area contributed by atoms with Crippen LogP contribution < -0.4 is 10.6 Å². The molecule has 0 aliphatic rings. The standard InChI is InChI=1S/C13H22N2/c1-4-15(10-9-12(3)14)13-7-5-11(2)6-8-13/h5-8,12H,4,9-10,14H2,1-3H3. The topological polar surface area (TPSA) is 29.3 Å². The Morgan fingerprint density at radius 2 is 1.87 bits per heavy atom. The molecule has 1 aromatic rings. The van der Waals surface area contributed by atoms with Crippen LogP contribution in [0.2, 0.25) is 0 Å². The average Bonchev–Trinajstić information content (AvgIpc) is 2.21. The van der Waals surface area contributed by atoms with Gasteiger partial charge in [0.25, 0.3) is 0 Å². The number of anilines is 1. The predicted molar refractivity (Wildman–Crippen MR) is 67.3 cm³/mol. The minimum atomic E-state index is 0.282. The van der Waals surface area contributed by atoms with Crippen molar-refractivity contribution in [3.8, 4) is 0 Å². The predicted octanol–water partition coefficient (Wildman–Crippen LogP) is 2.56. The number of benzene rings is 1. The third-order valence-electron chi connectivity index (χ3n) is 2.64. The molecular weight excluding hydrogens is 184 g/mol. The second-order valence-electron chi connectivity index (χ2n) is 4.18. The lowest BCUT2D eigenvalue weighted by Crippen LogP contribution is -2.28. The molecule has 0 saturated carbocycles. The fraction of sp³-hybridized carbons (Fsp3) is 0.538. The number of hydrogen-bond donors (Lipinski definition) is 1. The van der Waals surface area contributed by atoms with Crippen molar-refractivity contribution in [2.75, 3.05) is 18.0 Å². The van der Waals surface area contributed by atoms with E-state index in [2.05, 4.69) is 49.9 Å². The quantitative estimate of drug-likeness (QED) is 0.802. The van der Waals surface area contributed by atoms with Gasteiger partial charge in [0.1, 0.15) is 0 Å². The summed E-state index contributed by atoms with van der Waals surface area (Å²) in [5.74, 6) is 0. The molecule has 2 nitrogen and oxygen atoms in total. The van der Waals surface area contributed by atoms with Gasteiger partial charge in [-0.2, -0.15) is 0 Å². The number of hydrogen-bond acceptors (Lipinski definition) is 2. The zero-order valence-electron chi connectivity index (χ0n) is 10.0. The Balaban J connectivity index is 2.61. The second kappa shape index (κ2) is 5.76. The fourth-order valence-corrected chi connectivity index (χ4v) is 1.58. The summed E-state index contributed by atoms with van der Waals surface area (Å²) >= 11 is 0. The zero-order valence-corrected chi connectivity index (χ0v) is 10.0. The van der Waals surface area contributed by atoms with Crippen LogP contribution in [-0.2, 0) is 0 Å². The average molecular weight is 206 g/mol. The summed E-state index contributed by atoms with van der Waals surface area (Å²) in [6.45, 7) is 8.43. The van der Waals surface area contributed by atoms with Gasteiger partial charge in [0.15, 0.2) is 0 Å². The van der Waals surface area contributed by atoms with Crippen LogP contribution in [-0.4, -0.2) is 19.1 Å². The highest BCUT2D eigenvalue weighted by atomic mass is 15.1. The molecule has 0 radical (unpaired) electrons. The van der Waals surface area contributed by atoms with Crippen molar-refractivity contribution < 1.29 is 0 Å². The van der Waals surface area contributed by atoms with Gasteiger partial charge in [-0.05, 0) is 39.3 Å². The third kappa shape index (κ3) is 3.92. The van der Waals surface area contributed by atoms with Crippen molar-refractivity contribution >= 4 is 5.69 Å². The molecule has 0 aliphatic carbocycles. The van der Waals surface area contributed by atoms with Gasteiger partial charge < -0.3 is 10.6 Å². The molecule has 0 amide bonds. The number of nitrogens with two attached hydrogens (primary N) is 1. The first-order valence-electron chi connectivity index (χ1n) is 5.70. The summed E-state index contributed by atoms with van der Waals surface area (Å²) < 4.78 is 0. The van der Waals surface area contributed by atoms with Gasteiger partial charge in [-0.15, -0.1) is 0 Å². The van der Waals surface area contributed by atoms with Crippen LogP contribution in [0.25, 0.3) is 0 Å². The van der Waals surface area contributed by atoms with Crippen LogP contribution in [0.15, 0.2) is 24.3 Å². The molecule has 15 heavy (non-hydrogen) atoms. The van der Waals surface area contributed by atoms with Gasteiger partial charge >= 0.3 is 0 Å². The lowest BCUT2D eigenvalue weighted by molar-refractivity contribution is 0.644. The smallest absolute Gasteiger partial charge is 0.0366 e. The molecule has 1 aromatic carbocycles. The molecule has 0 heterocycles. The Morgan fingerprint density at radius 1 is 1.27 bits per heavy atom. The first-order chi connectivity index (χ1) is 7.13. The van der Waals surface area contributed by atoms with E-state index in [4.69, 9.17) is 5.73 Å². The number of rotatable bonds is 5. The molecule has 0 fully saturated rings. The van der Waals surface area contributed by atoms with Crippen LogP contribution in [0.1, 0.15) is 25.8 Å². The molecule has 0 bridgehead atoms. The van der Waals surface area contributed by atoms with Crippen molar-refractivity contribution in [1.82, 2.24) is 0 Å². The summed E-state index contributed by atoms with van der Waals surface area (Å²) in [4.78, 5) is 2.36. The zero-order chi connectivity index (χ0) is 11.3. The summed E-state index contributed by atoms with van der Waals surface area (Å²) in [6.07, 6.45) is 1.04. The highest BCUT2D eigenvalue weighted by Crippen LogP contribution is 2.15. The van der Waals surface area contributed by atoms with Crippen molar-refractivity contribution in [2.45, 2.75) is 33.2 Å². The number of nitrogens with zero attached hydrogens (tertiary/aromatic N) is 1. The van der Waals surface area contributed by atoms with E-state index in [9.17, 15) is 0 Å². The molecule has 1 rings (SSSR count). The Bertz CT molecular complexity index is 277. The summed E-state index contributed by atoms with van der Waals surface area (Å²) in [6, 6.07) is 8.96. The third-order valence-corrected chi connectivity index (χ3v) is 2.64. The van der Waals surface area contributed by atoms with Crippen LogP contribution in [0.5, 0.6) is 0 Å². The Kier molecular flexibility index (Phi) is 4.63. The van der Waals surface area contributed by atoms with E-state index in [1.807, 2.05) is 0 Å². The lowest BCUT2D eigenvalue weighted by atomic mass is 10.2. The molecule has 0 aliphatic heterocycles. The highest BCUT2D eigenvalue weighted by Gasteiger charge is 2.04. The first kappa shape index (κ1) is 12.1. The van der Waals surface area contributed by atoms with Crippen LogP contribution in [0.3, 0.4) is 0 Å². The van der Waals surface area contributed by atoms with Gasteiger partial charge in [-0.25, -0.2) is 0 Å². The van der Waals surface area contributed by atoms with E-state index in [1.165, 1.54) is 11.3 Å². The lowest BCUT2D eigenvalue weighted by Gasteiger charge is -2.24. The van der Waals surface area contributed by atoms with E-state index < -0.39 is 0 Å². The van der Waals surface area contributed by atoms with Gasteiger partial charge in [0.2, 0.25) is 0 Å². The fourth-order valence-electron chi connectivity index (χ4n) is 1.58. The molecule has 2 N–H and O–H groups in total. The van der Waals surface area contributed by atoms with Crippen molar-refractivity contribution in [3.05, 3.63) is 29.8 Å². The summed E-state index contributed by atoms with van der Waals surface area (Å²) in [7, 11) is 0. The largest absolute Gasteiger partial charge is 0.372 e. The van der Waals surface area contributed by atoms with Gasteiger partial charge in [0, 0.05) is 24.8 Å². The molecule has 84 valence electrons. The van der Waals surface area contributed by atoms with E-state index in [-0.39, 0.29) is 6.04 Å². The second-order valence-corrected chi connectivity index (χ2v) is 4.18. The van der Waals surface area contributed by atoms with Gasteiger partial charge in [0.05, 0.1) is 0 Å². The maximum absolute atomic E-state index is 5.77. The maximum Gasteiger partial charge on any atom is 0.0366 e. The van der Waals surface area contributed by atoms with Crippen LogP contribution >= 0.6 is 0 Å². The maximum atomic E-state index is 5.77. The first-order valence-corrected chi connectivity index (χ1v) is 5.70. The highest BCUT2D eigenvalue weighted by molar-refractivity contribution is 5.47. The minimum Gasteiger partial charge on any atom is -0.372 e. The molecule has 1 unspecified atom stereocenters. The van der Waals surface area contributed by atoms with E-state index in [0.29, 0.717) is 0 Å². The van der Waals surface area contributed by atoms with E-state index in [0.717, 1.165) is 19.5 Å². The van der Waals surface area contributed by atoms with Gasteiger partial charge in [-0.3, -0.25) is 0 Å². The minimum absolute atomic E-state index is 0.282. The monoisotopic (exact) mass is 206 g/mol. The molecule has 0 saturated heterocycles. The summed E-state index contributed by atoms with van der Waals surface area (Å²) in [5.41, 5.74) is 8.37. The molecule has 2 heteroatoms. The molecule has 0 spiro atoms. The van der Waals surface area contributed by atoms with Crippen molar-refractivity contribution in [1.29, 1.82) is 0 Å². The van der Waals surface area contributed by atoms with Crippen molar-refractivity contribution in [2.24, 2.45) is 5.73 Å². The Morgan fingerprint density at radius 3 is 2.33 bits per heavy atom. The molecule has 1 atom stereocenters. The van der Waals surface area contributed by atoms with Crippen LogP contribution in [0, 0.1) is 6.92 Å². The van der Waals surface area contributed by atoms with Crippen molar-refractivity contribution in [3.63, 3.8) is 0 Å². The number of aryl methyl sites for hydroxylation is 1. The Hall–Kier alpha value is -1.02. The normalized spacial score (nSPS) is 12.5. The summed E-state index contributed by atoms with van der Waals surface area (Å²) in [5, 5.41) is 0. The van der Waals surface area contributed by atoms with E-state index in [1.54, 1.807) is 0 Å². The molecule has 0 aromatic heterocycles. The molecular formula is C13H22N2.